The van der Waals surface area contributed by atoms with Crippen LogP contribution >= 0.6 is 15.9 Å². The standard InChI is InChI=1S/C25H24BrFN2O4/c1-25(2,15-3-7-17(8-4-15)31-19-13-20(14-19)33-24(28)30)16-5-9-18(10-6-16)32-23-21(27)11-12-22(26)29-23/h3-12,19-20H,13-14H2,1-2H3,(H2,28,30). The summed E-state index contributed by atoms with van der Waals surface area (Å²) < 4.78 is 30.9. The highest BCUT2D eigenvalue weighted by Crippen LogP contribution is 2.35. The van der Waals surface area contributed by atoms with Gasteiger partial charge in [0.2, 0.25) is 0 Å². The number of carbonyl (C=O) groups is 1. The quantitative estimate of drug-likeness (QED) is 0.384. The van der Waals surface area contributed by atoms with Crippen molar-refractivity contribution in [2.75, 3.05) is 0 Å². The van der Waals surface area contributed by atoms with Gasteiger partial charge in [0.15, 0.2) is 5.82 Å². The van der Waals surface area contributed by atoms with E-state index in [9.17, 15) is 9.18 Å². The van der Waals surface area contributed by atoms with E-state index in [0.29, 0.717) is 23.2 Å². The molecule has 2 aromatic carbocycles. The predicted molar refractivity (Wildman–Crippen MR) is 125 cm³/mol. The number of nitrogens with zero attached hydrogens (tertiary/aromatic N) is 1. The van der Waals surface area contributed by atoms with Gasteiger partial charge >= 0.3 is 6.09 Å². The van der Waals surface area contributed by atoms with E-state index in [1.807, 2.05) is 36.4 Å². The highest BCUT2D eigenvalue weighted by Gasteiger charge is 2.33. The molecule has 3 aromatic rings. The molecule has 1 amide bonds. The Labute approximate surface area is 200 Å². The van der Waals surface area contributed by atoms with Gasteiger partial charge in [0.1, 0.15) is 28.3 Å². The SMILES string of the molecule is CC(C)(c1ccc(Oc2nc(Br)ccc2F)cc1)c1ccc(OC2CC(OC(N)=O)C2)cc1. The molecule has 4 rings (SSSR count). The molecule has 1 heterocycles. The number of carbonyl (C=O) groups excluding carboxylic acids is 1. The summed E-state index contributed by atoms with van der Waals surface area (Å²) in [7, 11) is 0. The van der Waals surface area contributed by atoms with Crippen LogP contribution in [0.15, 0.2) is 65.3 Å². The summed E-state index contributed by atoms with van der Waals surface area (Å²) in [5, 5.41) is 0. The summed E-state index contributed by atoms with van der Waals surface area (Å²) in [6.07, 6.45) is 0.397. The zero-order chi connectivity index (χ0) is 23.6. The van der Waals surface area contributed by atoms with Crippen LogP contribution in [0.1, 0.15) is 37.8 Å². The highest BCUT2D eigenvalue weighted by molar-refractivity contribution is 9.10. The maximum absolute atomic E-state index is 13.9. The van der Waals surface area contributed by atoms with Crippen LogP contribution in [0, 0.1) is 5.82 Å². The van der Waals surface area contributed by atoms with Crippen molar-refractivity contribution in [2.45, 2.75) is 44.3 Å². The maximum Gasteiger partial charge on any atom is 0.404 e. The summed E-state index contributed by atoms with van der Waals surface area (Å²) in [6.45, 7) is 4.26. The molecule has 172 valence electrons. The molecule has 2 N–H and O–H groups in total. The molecule has 1 aliphatic rings. The number of hydrogen-bond donors (Lipinski definition) is 1. The Bertz CT molecular complexity index is 1130. The lowest BCUT2D eigenvalue weighted by atomic mass is 9.78. The van der Waals surface area contributed by atoms with Crippen molar-refractivity contribution < 1.29 is 23.4 Å². The van der Waals surface area contributed by atoms with E-state index >= 15 is 0 Å². The van der Waals surface area contributed by atoms with Gasteiger partial charge < -0.3 is 19.9 Å². The smallest absolute Gasteiger partial charge is 0.404 e. The summed E-state index contributed by atoms with van der Waals surface area (Å²) in [4.78, 5) is 14.8. The van der Waals surface area contributed by atoms with Gasteiger partial charge in [-0.05, 0) is 63.5 Å². The molecule has 0 radical (unpaired) electrons. The number of halogens is 2. The molecule has 0 unspecified atom stereocenters. The number of aromatic nitrogens is 1. The number of primary amides is 1. The molecule has 0 bridgehead atoms. The van der Waals surface area contributed by atoms with Crippen LogP contribution in [0.4, 0.5) is 9.18 Å². The van der Waals surface area contributed by atoms with Crippen LogP contribution in [0.2, 0.25) is 0 Å². The Balaban J connectivity index is 1.39. The molecule has 1 aliphatic carbocycles. The van der Waals surface area contributed by atoms with Crippen LogP contribution in [0.25, 0.3) is 0 Å². The first-order valence-electron chi connectivity index (χ1n) is 10.5. The van der Waals surface area contributed by atoms with E-state index in [4.69, 9.17) is 19.9 Å². The molecular formula is C25H24BrFN2O4. The lowest BCUT2D eigenvalue weighted by Gasteiger charge is -2.34. The van der Waals surface area contributed by atoms with E-state index < -0.39 is 11.9 Å². The molecule has 6 nitrogen and oxygen atoms in total. The van der Waals surface area contributed by atoms with Crippen molar-refractivity contribution in [3.8, 4) is 17.4 Å². The molecular weight excluding hydrogens is 491 g/mol. The topological polar surface area (TPSA) is 83.7 Å². The van der Waals surface area contributed by atoms with Crippen molar-refractivity contribution in [3.05, 3.63) is 82.2 Å². The first kappa shape index (κ1) is 23.0. The minimum Gasteiger partial charge on any atom is -0.490 e. The summed E-state index contributed by atoms with van der Waals surface area (Å²) in [5.74, 6) is 0.667. The Hall–Kier alpha value is -3.13. The van der Waals surface area contributed by atoms with Crippen LogP contribution in [-0.2, 0) is 10.2 Å². The number of nitrogens with two attached hydrogens (primary N) is 1. The van der Waals surface area contributed by atoms with Crippen molar-refractivity contribution >= 4 is 22.0 Å². The molecule has 1 aromatic heterocycles. The van der Waals surface area contributed by atoms with Gasteiger partial charge in [0.25, 0.3) is 5.88 Å². The Kier molecular flexibility index (Phi) is 6.56. The van der Waals surface area contributed by atoms with Gasteiger partial charge in [-0.2, -0.15) is 0 Å². The third-order valence-corrected chi connectivity index (χ3v) is 6.23. The second kappa shape index (κ2) is 9.39. The third-order valence-electron chi connectivity index (χ3n) is 5.78. The lowest BCUT2D eigenvalue weighted by Crippen LogP contribution is -2.41. The summed E-state index contributed by atoms with van der Waals surface area (Å²) in [5.41, 5.74) is 6.96. The monoisotopic (exact) mass is 514 g/mol. The Morgan fingerprint density at radius 2 is 1.55 bits per heavy atom. The van der Waals surface area contributed by atoms with Crippen LogP contribution < -0.4 is 15.2 Å². The lowest BCUT2D eigenvalue weighted by molar-refractivity contribution is -0.0197. The molecule has 0 atom stereocenters. The van der Waals surface area contributed by atoms with Crippen LogP contribution in [0.3, 0.4) is 0 Å². The first-order valence-corrected chi connectivity index (χ1v) is 11.3. The molecule has 1 fully saturated rings. The van der Waals surface area contributed by atoms with Gasteiger partial charge in [-0.3, -0.25) is 0 Å². The second-order valence-corrected chi connectivity index (χ2v) is 9.28. The van der Waals surface area contributed by atoms with Gasteiger partial charge in [-0.25, -0.2) is 14.2 Å². The number of hydrogen-bond acceptors (Lipinski definition) is 5. The summed E-state index contributed by atoms with van der Waals surface area (Å²) >= 11 is 3.22. The van der Waals surface area contributed by atoms with Gasteiger partial charge in [-0.15, -0.1) is 0 Å². The van der Waals surface area contributed by atoms with Gasteiger partial charge in [-0.1, -0.05) is 38.1 Å². The van der Waals surface area contributed by atoms with Crippen molar-refractivity contribution in [1.82, 2.24) is 4.98 Å². The number of pyridine rings is 1. The number of amides is 1. The average Bonchev–Trinajstić information content (AvgIpc) is 2.75. The molecule has 0 spiro atoms. The Morgan fingerprint density at radius 1 is 0.970 bits per heavy atom. The Morgan fingerprint density at radius 3 is 2.12 bits per heavy atom. The van der Waals surface area contributed by atoms with E-state index in [0.717, 1.165) is 16.9 Å². The van der Waals surface area contributed by atoms with Crippen molar-refractivity contribution in [3.63, 3.8) is 0 Å². The molecule has 0 saturated heterocycles. The predicted octanol–water partition coefficient (Wildman–Crippen LogP) is 6.11. The molecule has 1 saturated carbocycles. The van der Waals surface area contributed by atoms with Crippen molar-refractivity contribution in [1.29, 1.82) is 0 Å². The average molecular weight is 515 g/mol. The number of ether oxygens (including phenoxy) is 3. The zero-order valence-corrected chi connectivity index (χ0v) is 19.8. The van der Waals surface area contributed by atoms with Gasteiger partial charge in [0, 0.05) is 18.3 Å². The molecule has 8 heteroatoms. The van der Waals surface area contributed by atoms with Gasteiger partial charge in [0.05, 0.1) is 0 Å². The van der Waals surface area contributed by atoms with E-state index in [1.54, 1.807) is 12.1 Å². The third kappa shape index (κ3) is 5.45. The number of rotatable bonds is 7. The minimum atomic E-state index is -0.749. The summed E-state index contributed by atoms with van der Waals surface area (Å²) in [6, 6.07) is 18.3. The molecule has 0 aliphatic heterocycles. The highest BCUT2D eigenvalue weighted by atomic mass is 79.9. The normalized spacial score (nSPS) is 17.7. The van der Waals surface area contributed by atoms with Crippen LogP contribution in [-0.4, -0.2) is 23.3 Å². The largest absolute Gasteiger partial charge is 0.490 e. The fraction of sp³-hybridized carbons (Fsp3) is 0.280. The number of benzene rings is 2. The van der Waals surface area contributed by atoms with Crippen LogP contribution in [0.5, 0.6) is 17.4 Å². The first-order chi connectivity index (χ1) is 15.7. The molecule has 33 heavy (non-hydrogen) atoms. The van der Waals surface area contributed by atoms with Crippen molar-refractivity contribution in [2.24, 2.45) is 5.73 Å². The fourth-order valence-corrected chi connectivity index (χ4v) is 4.00. The van der Waals surface area contributed by atoms with E-state index in [1.165, 1.54) is 12.1 Å². The maximum atomic E-state index is 13.9. The van der Waals surface area contributed by atoms with E-state index in [2.05, 4.69) is 34.8 Å². The second-order valence-electron chi connectivity index (χ2n) is 8.47. The fourth-order valence-electron chi connectivity index (χ4n) is 3.71. The van der Waals surface area contributed by atoms with E-state index in [-0.39, 0.29) is 23.5 Å². The minimum absolute atomic E-state index is 0.0188. The zero-order valence-electron chi connectivity index (χ0n) is 18.3.